The fourth-order valence-electron chi connectivity index (χ4n) is 4.93. The lowest BCUT2D eigenvalue weighted by molar-refractivity contribution is -0.0795. The summed E-state index contributed by atoms with van der Waals surface area (Å²) in [7, 11) is 2.16. The van der Waals surface area contributed by atoms with Crippen molar-refractivity contribution < 1.29 is 4.74 Å². The molecule has 4 nitrogen and oxygen atoms in total. The molecular weight excluding hydrogens is 354 g/mol. The Labute approximate surface area is 166 Å². The van der Waals surface area contributed by atoms with Crippen molar-refractivity contribution in [2.45, 2.75) is 57.2 Å². The van der Waals surface area contributed by atoms with E-state index in [9.17, 15) is 0 Å². The molecular formula is C22H27N3OS. The van der Waals surface area contributed by atoms with Gasteiger partial charge in [-0.3, -0.25) is 15.2 Å². The molecule has 0 aromatic heterocycles. The Morgan fingerprint density at radius 3 is 2.22 bits per heavy atom. The van der Waals surface area contributed by atoms with Crippen LogP contribution in [0.2, 0.25) is 0 Å². The molecule has 0 amide bonds. The van der Waals surface area contributed by atoms with Crippen LogP contribution in [0.3, 0.4) is 0 Å². The van der Waals surface area contributed by atoms with Crippen molar-refractivity contribution in [3.8, 4) is 0 Å². The van der Waals surface area contributed by atoms with Crippen molar-refractivity contribution in [3.05, 3.63) is 42.5 Å². The number of benzene rings is 2. The molecule has 0 aliphatic carbocycles. The Morgan fingerprint density at radius 2 is 1.56 bits per heavy atom. The second kappa shape index (κ2) is 5.76. The summed E-state index contributed by atoms with van der Waals surface area (Å²) in [6.45, 7) is 8.87. The number of thiocarbonyl (C=S) groups is 1. The quantitative estimate of drug-likeness (QED) is 0.709. The number of ether oxygens (including phenoxy) is 1. The van der Waals surface area contributed by atoms with Crippen molar-refractivity contribution >= 4 is 39.7 Å². The van der Waals surface area contributed by atoms with Crippen molar-refractivity contribution in [2.24, 2.45) is 0 Å². The predicted molar refractivity (Wildman–Crippen MR) is 116 cm³/mol. The van der Waals surface area contributed by atoms with E-state index in [0.717, 1.165) is 29.3 Å². The summed E-state index contributed by atoms with van der Waals surface area (Å²) in [5.74, 6) is 0.457. The van der Waals surface area contributed by atoms with Crippen molar-refractivity contribution in [1.29, 1.82) is 5.41 Å². The van der Waals surface area contributed by atoms with E-state index in [1.165, 1.54) is 0 Å². The molecule has 0 unspecified atom stereocenters. The highest BCUT2D eigenvalue weighted by molar-refractivity contribution is 7.80. The highest BCUT2D eigenvalue weighted by Crippen LogP contribution is 2.49. The van der Waals surface area contributed by atoms with Gasteiger partial charge in [-0.2, -0.15) is 0 Å². The van der Waals surface area contributed by atoms with Gasteiger partial charge in [0.15, 0.2) is 11.4 Å². The summed E-state index contributed by atoms with van der Waals surface area (Å²) in [6, 6.07) is 14.3. The Kier molecular flexibility index (Phi) is 3.92. The molecule has 2 aliphatic rings. The smallest absolute Gasteiger partial charge is 0.270 e. The first-order chi connectivity index (χ1) is 12.6. The van der Waals surface area contributed by atoms with Crippen molar-refractivity contribution in [3.63, 3.8) is 0 Å². The molecule has 1 spiro atoms. The number of rotatable bonds is 1. The SMILES string of the molecule is CN1C(C)(C)CC2(CC1(C)C)OC(=S)N(c1cccc3ccccc13)C2=N. The van der Waals surface area contributed by atoms with Gasteiger partial charge in [0.25, 0.3) is 5.17 Å². The summed E-state index contributed by atoms with van der Waals surface area (Å²) in [4.78, 5) is 4.22. The number of hydrogen-bond acceptors (Lipinski definition) is 4. The highest BCUT2D eigenvalue weighted by Gasteiger charge is 2.59. The minimum atomic E-state index is -0.687. The lowest BCUT2D eigenvalue weighted by Gasteiger charge is -2.56. The average molecular weight is 382 g/mol. The van der Waals surface area contributed by atoms with E-state index in [1.807, 2.05) is 29.2 Å². The van der Waals surface area contributed by atoms with Crippen LogP contribution in [0.5, 0.6) is 0 Å². The number of anilines is 1. The fraction of sp³-hybridized carbons (Fsp3) is 0.455. The zero-order chi connectivity index (χ0) is 19.6. The average Bonchev–Trinajstić information content (AvgIpc) is 2.81. The molecule has 2 aliphatic heterocycles. The second-order valence-corrected chi connectivity index (χ2v) is 9.43. The molecule has 1 N–H and O–H groups in total. The molecule has 2 fully saturated rings. The van der Waals surface area contributed by atoms with E-state index < -0.39 is 5.60 Å². The van der Waals surface area contributed by atoms with Crippen LogP contribution in [0.4, 0.5) is 5.69 Å². The van der Waals surface area contributed by atoms with E-state index in [2.05, 4.69) is 57.8 Å². The molecule has 0 radical (unpaired) electrons. The largest absolute Gasteiger partial charge is 0.455 e. The van der Waals surface area contributed by atoms with Gasteiger partial charge in [0, 0.05) is 29.3 Å². The highest BCUT2D eigenvalue weighted by atomic mass is 32.1. The normalized spacial score (nSPS) is 23.8. The third-order valence-corrected chi connectivity index (χ3v) is 6.65. The van der Waals surface area contributed by atoms with Gasteiger partial charge >= 0.3 is 0 Å². The zero-order valence-corrected chi connectivity index (χ0v) is 17.5. The molecule has 5 heteroatoms. The number of hydrogen-bond donors (Lipinski definition) is 1. The zero-order valence-electron chi connectivity index (χ0n) is 16.7. The molecule has 0 saturated carbocycles. The molecule has 0 bridgehead atoms. The minimum Gasteiger partial charge on any atom is -0.455 e. The van der Waals surface area contributed by atoms with Gasteiger partial charge in [0.2, 0.25) is 0 Å². The van der Waals surface area contributed by atoms with Crippen LogP contribution < -0.4 is 4.90 Å². The summed E-state index contributed by atoms with van der Waals surface area (Å²) in [6.07, 6.45) is 1.47. The Hall–Kier alpha value is -1.98. The first kappa shape index (κ1) is 18.4. The third kappa shape index (κ3) is 2.67. The van der Waals surface area contributed by atoms with Crippen LogP contribution >= 0.6 is 12.2 Å². The van der Waals surface area contributed by atoms with Gasteiger partial charge in [0.1, 0.15) is 0 Å². The summed E-state index contributed by atoms with van der Waals surface area (Å²) in [5.41, 5.74) is 0.0410. The van der Waals surface area contributed by atoms with Gasteiger partial charge in [-0.05, 0) is 58.4 Å². The molecule has 4 rings (SSSR count). The van der Waals surface area contributed by atoms with Crippen LogP contribution in [0.15, 0.2) is 42.5 Å². The van der Waals surface area contributed by atoms with Gasteiger partial charge in [-0.25, -0.2) is 0 Å². The van der Waals surface area contributed by atoms with E-state index in [1.54, 1.807) is 0 Å². The van der Waals surface area contributed by atoms with Crippen LogP contribution in [0.25, 0.3) is 10.8 Å². The topological polar surface area (TPSA) is 39.6 Å². The lowest BCUT2D eigenvalue weighted by Crippen LogP contribution is -2.65. The number of amidine groups is 1. The number of piperidine rings is 1. The van der Waals surface area contributed by atoms with Gasteiger partial charge in [-0.1, -0.05) is 36.4 Å². The Morgan fingerprint density at radius 1 is 0.963 bits per heavy atom. The molecule has 142 valence electrons. The fourth-order valence-corrected chi connectivity index (χ4v) is 5.28. The van der Waals surface area contributed by atoms with E-state index in [0.29, 0.717) is 11.0 Å². The second-order valence-electron chi connectivity index (χ2n) is 9.08. The number of nitrogens with one attached hydrogen (secondary N) is 1. The summed E-state index contributed by atoms with van der Waals surface area (Å²) in [5, 5.41) is 11.7. The van der Waals surface area contributed by atoms with Crippen LogP contribution in [0, 0.1) is 5.41 Å². The molecule has 2 aromatic rings. The van der Waals surface area contributed by atoms with Crippen molar-refractivity contribution in [1.82, 2.24) is 4.90 Å². The molecule has 2 saturated heterocycles. The lowest BCUT2D eigenvalue weighted by atomic mass is 9.70. The first-order valence-corrected chi connectivity index (χ1v) is 9.82. The summed E-state index contributed by atoms with van der Waals surface area (Å²) < 4.78 is 6.34. The maximum atomic E-state index is 9.11. The number of fused-ring (bicyclic) bond motifs is 1. The van der Waals surface area contributed by atoms with E-state index >= 15 is 0 Å². The maximum Gasteiger partial charge on any atom is 0.270 e. The minimum absolute atomic E-state index is 0.0988. The number of nitrogens with zero attached hydrogens (tertiary/aromatic N) is 2. The molecule has 2 aromatic carbocycles. The first-order valence-electron chi connectivity index (χ1n) is 9.41. The van der Waals surface area contributed by atoms with Crippen molar-refractivity contribution in [2.75, 3.05) is 11.9 Å². The monoisotopic (exact) mass is 381 g/mol. The molecule has 0 atom stereocenters. The summed E-state index contributed by atoms with van der Waals surface area (Å²) >= 11 is 5.64. The van der Waals surface area contributed by atoms with Gasteiger partial charge < -0.3 is 4.74 Å². The van der Waals surface area contributed by atoms with Crippen LogP contribution in [-0.4, -0.2) is 39.6 Å². The number of likely N-dealkylation sites (tertiary alicyclic amines) is 1. The van der Waals surface area contributed by atoms with Gasteiger partial charge in [0.05, 0.1) is 5.69 Å². The standard InChI is InChI=1S/C22H27N3OS/c1-20(2)13-22(14-21(3,4)24(20)5)18(23)25(19(27)26-22)17-12-8-10-15-9-6-7-11-16(15)17/h6-12,23H,13-14H2,1-5H3. The Bertz CT molecular complexity index is 926. The van der Waals surface area contributed by atoms with E-state index in [4.69, 9.17) is 22.4 Å². The van der Waals surface area contributed by atoms with E-state index in [-0.39, 0.29) is 11.1 Å². The maximum absolute atomic E-state index is 9.11. The Balaban J connectivity index is 1.81. The van der Waals surface area contributed by atoms with Gasteiger partial charge in [-0.15, -0.1) is 0 Å². The molecule has 2 heterocycles. The predicted octanol–water partition coefficient (Wildman–Crippen LogP) is 4.96. The third-order valence-electron chi connectivity index (χ3n) is 6.38. The van der Waals surface area contributed by atoms with Crippen LogP contribution in [0.1, 0.15) is 40.5 Å². The van der Waals surface area contributed by atoms with Crippen LogP contribution in [-0.2, 0) is 4.74 Å². The molecule has 27 heavy (non-hydrogen) atoms.